The van der Waals surface area contributed by atoms with E-state index >= 15 is 0 Å². The molecule has 0 unspecified atom stereocenters. The second kappa shape index (κ2) is 5.75. The molecule has 0 aliphatic heterocycles. The van der Waals surface area contributed by atoms with Crippen LogP contribution in [-0.4, -0.2) is 40.2 Å². The van der Waals surface area contributed by atoms with Crippen molar-refractivity contribution in [3.8, 4) is 16.9 Å². The number of benzene rings is 1. The number of hydrogen-bond donors (Lipinski definition) is 4. The van der Waals surface area contributed by atoms with Crippen LogP contribution in [0.15, 0.2) is 36.7 Å². The van der Waals surface area contributed by atoms with Crippen LogP contribution in [0.3, 0.4) is 0 Å². The van der Waals surface area contributed by atoms with Crippen LogP contribution < -0.4 is 5.32 Å². The van der Waals surface area contributed by atoms with Gasteiger partial charge in [-0.3, -0.25) is 9.59 Å². The molecular formula is C19H17N3O3. The molecule has 0 spiro atoms. The highest BCUT2D eigenvalue weighted by atomic mass is 16.3. The number of fused-ring (bicyclic) bond motifs is 2. The van der Waals surface area contributed by atoms with Crippen molar-refractivity contribution in [1.82, 2.24) is 15.3 Å². The zero-order chi connectivity index (χ0) is 17.6. The molecule has 4 rings (SSSR count). The highest BCUT2D eigenvalue weighted by molar-refractivity contribution is 6.29. The topological polar surface area (TPSA) is 98.0 Å². The highest BCUT2D eigenvalue weighted by Gasteiger charge is 2.36. The van der Waals surface area contributed by atoms with Gasteiger partial charge in [-0.15, -0.1) is 0 Å². The van der Waals surface area contributed by atoms with Crippen LogP contribution in [-0.2, 0) is 6.42 Å². The van der Waals surface area contributed by atoms with Crippen molar-refractivity contribution in [2.75, 3.05) is 13.6 Å². The van der Waals surface area contributed by atoms with E-state index in [0.717, 1.165) is 17.7 Å². The molecule has 2 heterocycles. The zero-order valence-electron chi connectivity index (χ0n) is 13.6. The summed E-state index contributed by atoms with van der Waals surface area (Å²) in [6.07, 6.45) is 4.07. The molecule has 4 N–H and O–H groups in total. The van der Waals surface area contributed by atoms with Crippen LogP contribution in [0.1, 0.15) is 37.7 Å². The van der Waals surface area contributed by atoms with E-state index in [1.165, 1.54) is 0 Å². The number of carbonyl (C=O) groups excluding carboxylic acids is 2. The number of H-pyrrole nitrogens is 2. The van der Waals surface area contributed by atoms with Crippen LogP contribution >= 0.6 is 0 Å². The second-order valence-corrected chi connectivity index (χ2v) is 6.07. The Bertz CT molecular complexity index is 980. The van der Waals surface area contributed by atoms with Gasteiger partial charge in [-0.05, 0) is 43.3 Å². The third-order valence-corrected chi connectivity index (χ3v) is 4.57. The molecular weight excluding hydrogens is 318 g/mol. The van der Waals surface area contributed by atoms with Crippen molar-refractivity contribution in [3.05, 3.63) is 64.7 Å². The minimum absolute atomic E-state index is 0.151. The van der Waals surface area contributed by atoms with Crippen molar-refractivity contribution < 1.29 is 14.7 Å². The molecule has 1 aromatic carbocycles. The molecule has 3 aromatic rings. The lowest BCUT2D eigenvalue weighted by atomic mass is 9.86. The predicted molar refractivity (Wildman–Crippen MR) is 93.2 cm³/mol. The molecule has 1 aliphatic carbocycles. The maximum absolute atomic E-state index is 13.2. The van der Waals surface area contributed by atoms with Gasteiger partial charge in [-0.25, -0.2) is 0 Å². The number of phenols is 1. The summed E-state index contributed by atoms with van der Waals surface area (Å²) in [5, 5.41) is 12.5. The Morgan fingerprint density at radius 3 is 2.36 bits per heavy atom. The van der Waals surface area contributed by atoms with Gasteiger partial charge in [-0.2, -0.15) is 0 Å². The van der Waals surface area contributed by atoms with E-state index in [0.29, 0.717) is 34.5 Å². The first-order chi connectivity index (χ1) is 12.1. The van der Waals surface area contributed by atoms with Gasteiger partial charge < -0.3 is 20.4 Å². The van der Waals surface area contributed by atoms with Crippen LogP contribution in [0.5, 0.6) is 5.75 Å². The van der Waals surface area contributed by atoms with E-state index in [9.17, 15) is 14.7 Å². The van der Waals surface area contributed by atoms with E-state index in [-0.39, 0.29) is 17.3 Å². The first kappa shape index (κ1) is 15.4. The summed E-state index contributed by atoms with van der Waals surface area (Å²) in [5.41, 5.74) is 3.80. The van der Waals surface area contributed by atoms with Gasteiger partial charge in [0, 0.05) is 18.0 Å². The van der Waals surface area contributed by atoms with Gasteiger partial charge in [0.1, 0.15) is 17.1 Å². The van der Waals surface area contributed by atoms with Gasteiger partial charge in [0.25, 0.3) is 0 Å². The average molecular weight is 335 g/mol. The van der Waals surface area contributed by atoms with Crippen LogP contribution in [0.4, 0.5) is 0 Å². The summed E-state index contributed by atoms with van der Waals surface area (Å²) in [5.74, 6) is -0.204. The van der Waals surface area contributed by atoms with Crippen LogP contribution in [0.2, 0.25) is 0 Å². The number of aromatic nitrogens is 2. The SMILES string of the molecule is CNCCc1c[nH]c2c1C(=O)c1c(-c3ccc(O)cc3)c[nH]c1C2=O. The van der Waals surface area contributed by atoms with Crippen LogP contribution in [0.25, 0.3) is 11.1 Å². The molecule has 1 aliphatic rings. The Morgan fingerprint density at radius 2 is 1.64 bits per heavy atom. The number of phenolic OH excluding ortho intramolecular Hbond substituents is 1. The quantitative estimate of drug-likeness (QED) is 0.460. The third kappa shape index (κ3) is 2.30. The maximum Gasteiger partial charge on any atom is 0.226 e. The van der Waals surface area contributed by atoms with E-state index in [4.69, 9.17) is 0 Å². The van der Waals surface area contributed by atoms with Crippen molar-refractivity contribution in [3.63, 3.8) is 0 Å². The third-order valence-electron chi connectivity index (χ3n) is 4.57. The number of aromatic amines is 2. The zero-order valence-corrected chi connectivity index (χ0v) is 13.6. The number of carbonyl (C=O) groups is 2. The number of ketones is 2. The van der Waals surface area contributed by atoms with E-state index in [1.807, 2.05) is 7.05 Å². The lowest BCUT2D eigenvalue weighted by Crippen LogP contribution is -2.22. The molecule has 0 saturated carbocycles. The van der Waals surface area contributed by atoms with Gasteiger partial charge in [0.15, 0.2) is 5.78 Å². The molecule has 25 heavy (non-hydrogen) atoms. The van der Waals surface area contributed by atoms with Crippen LogP contribution in [0, 0.1) is 0 Å². The molecule has 2 aromatic heterocycles. The van der Waals surface area contributed by atoms with Gasteiger partial charge >= 0.3 is 0 Å². The molecule has 6 nitrogen and oxygen atoms in total. The Kier molecular flexibility index (Phi) is 3.54. The fraction of sp³-hybridized carbons (Fsp3) is 0.158. The monoisotopic (exact) mass is 335 g/mol. The smallest absolute Gasteiger partial charge is 0.226 e. The summed E-state index contributed by atoms with van der Waals surface area (Å²) in [7, 11) is 1.85. The summed E-state index contributed by atoms with van der Waals surface area (Å²) in [6.45, 7) is 0.719. The molecule has 0 radical (unpaired) electrons. The molecule has 6 heteroatoms. The number of aromatic hydroxyl groups is 1. The van der Waals surface area contributed by atoms with Gasteiger partial charge in [0.05, 0.1) is 11.1 Å². The molecule has 0 bridgehead atoms. The Labute approximate surface area is 143 Å². The number of nitrogens with one attached hydrogen (secondary N) is 3. The van der Waals surface area contributed by atoms with Crippen molar-refractivity contribution in [1.29, 1.82) is 0 Å². The fourth-order valence-electron chi connectivity index (χ4n) is 3.32. The van der Waals surface area contributed by atoms with E-state index in [1.54, 1.807) is 36.7 Å². The largest absolute Gasteiger partial charge is 0.508 e. The summed E-state index contributed by atoms with van der Waals surface area (Å²) >= 11 is 0. The minimum Gasteiger partial charge on any atom is -0.508 e. The minimum atomic E-state index is -0.203. The number of hydrogen-bond acceptors (Lipinski definition) is 4. The molecule has 126 valence electrons. The fourth-order valence-corrected chi connectivity index (χ4v) is 3.32. The molecule has 0 atom stereocenters. The predicted octanol–water partition coefficient (Wildman–Crippen LogP) is 2.25. The van der Waals surface area contributed by atoms with E-state index < -0.39 is 0 Å². The maximum atomic E-state index is 13.2. The number of likely N-dealkylation sites (N-methyl/N-ethyl adjacent to an activating group) is 1. The highest BCUT2D eigenvalue weighted by Crippen LogP contribution is 2.35. The first-order valence-electron chi connectivity index (χ1n) is 8.07. The van der Waals surface area contributed by atoms with Crippen molar-refractivity contribution >= 4 is 11.6 Å². The second-order valence-electron chi connectivity index (χ2n) is 6.07. The Balaban J connectivity index is 1.84. The van der Waals surface area contributed by atoms with Crippen molar-refractivity contribution in [2.45, 2.75) is 6.42 Å². The lowest BCUT2D eigenvalue weighted by molar-refractivity contribution is 0.0974. The average Bonchev–Trinajstić information content (AvgIpc) is 3.23. The van der Waals surface area contributed by atoms with Gasteiger partial charge in [-0.1, -0.05) is 12.1 Å². The molecule has 0 fully saturated rings. The summed E-state index contributed by atoms with van der Waals surface area (Å²) in [4.78, 5) is 31.8. The lowest BCUT2D eigenvalue weighted by Gasteiger charge is -2.14. The standard InChI is InChI=1S/C19H17N3O3/c1-20-7-6-11-8-21-16-14(11)18(24)15-13(9-22-17(15)19(16)25)10-2-4-12(23)5-3-10/h2-5,8-9,20-23H,6-7H2,1H3. The summed E-state index contributed by atoms with van der Waals surface area (Å²) in [6, 6.07) is 6.57. The normalized spacial score (nSPS) is 13.0. The molecule has 0 amide bonds. The van der Waals surface area contributed by atoms with Crippen molar-refractivity contribution in [2.24, 2.45) is 0 Å². The van der Waals surface area contributed by atoms with Gasteiger partial charge in [0.2, 0.25) is 5.78 Å². The summed E-state index contributed by atoms with van der Waals surface area (Å²) < 4.78 is 0. The Hall–Kier alpha value is -3.12. The molecule has 0 saturated heterocycles. The Morgan fingerprint density at radius 1 is 0.960 bits per heavy atom. The number of rotatable bonds is 4. The van der Waals surface area contributed by atoms with E-state index in [2.05, 4.69) is 15.3 Å². The first-order valence-corrected chi connectivity index (χ1v) is 8.07.